The van der Waals surface area contributed by atoms with Gasteiger partial charge >= 0.3 is 0 Å². The predicted octanol–water partition coefficient (Wildman–Crippen LogP) is 3.60. The Balaban J connectivity index is 2.73. The van der Waals surface area contributed by atoms with Crippen LogP contribution in [-0.4, -0.2) is 18.0 Å². The molecule has 1 rings (SSSR count). The van der Waals surface area contributed by atoms with Crippen LogP contribution in [0, 0.1) is 6.92 Å². The molecule has 0 saturated heterocycles. The average molecular weight is 256 g/mol. The van der Waals surface area contributed by atoms with E-state index in [1.54, 1.807) is 0 Å². The van der Waals surface area contributed by atoms with Crippen LogP contribution in [0.2, 0.25) is 0 Å². The summed E-state index contributed by atoms with van der Waals surface area (Å²) in [5.41, 5.74) is 2.65. The van der Waals surface area contributed by atoms with Gasteiger partial charge in [0.15, 0.2) is 0 Å². The molecule has 1 nitrogen and oxygen atoms in total. The van der Waals surface area contributed by atoms with Crippen LogP contribution in [0.25, 0.3) is 0 Å². The Bertz CT molecular complexity index is 307. The monoisotopic (exact) mass is 255 g/mol. The number of nitrogens with zero attached hydrogens (tertiary/aromatic N) is 1. The highest BCUT2D eigenvalue weighted by Crippen LogP contribution is 2.18. The van der Waals surface area contributed by atoms with Gasteiger partial charge in [0.05, 0.1) is 0 Å². The maximum absolute atomic E-state index is 3.55. The Morgan fingerprint density at radius 3 is 2.50 bits per heavy atom. The molecule has 0 aliphatic carbocycles. The molecule has 0 heterocycles. The molecule has 0 radical (unpaired) electrons. The molecule has 0 unspecified atom stereocenters. The van der Waals surface area contributed by atoms with Gasteiger partial charge in [-0.1, -0.05) is 28.1 Å². The Morgan fingerprint density at radius 2 is 2.00 bits per heavy atom. The van der Waals surface area contributed by atoms with Crippen molar-refractivity contribution in [3.8, 4) is 0 Å². The topological polar surface area (TPSA) is 3.24 Å². The summed E-state index contributed by atoms with van der Waals surface area (Å²) in [6.45, 7) is 7.54. The smallest absolute Gasteiger partial charge is 0.0233 e. The van der Waals surface area contributed by atoms with Gasteiger partial charge in [-0.05, 0) is 45.0 Å². The Labute approximate surface area is 95.2 Å². The van der Waals surface area contributed by atoms with Crippen LogP contribution in [0.15, 0.2) is 22.7 Å². The highest BCUT2D eigenvalue weighted by atomic mass is 79.9. The first-order valence-electron chi connectivity index (χ1n) is 4.96. The van der Waals surface area contributed by atoms with Crippen LogP contribution in [-0.2, 0) is 6.54 Å². The summed E-state index contributed by atoms with van der Waals surface area (Å²) in [6, 6.07) is 7.15. The van der Waals surface area contributed by atoms with E-state index in [0.29, 0.717) is 6.04 Å². The largest absolute Gasteiger partial charge is 0.300 e. The second-order valence-corrected chi connectivity index (χ2v) is 4.95. The van der Waals surface area contributed by atoms with Crippen molar-refractivity contribution in [1.29, 1.82) is 0 Å². The Kier molecular flexibility index (Phi) is 4.14. The molecule has 0 N–H and O–H groups in total. The molecule has 1 aromatic carbocycles. The minimum Gasteiger partial charge on any atom is -0.300 e. The first-order valence-corrected chi connectivity index (χ1v) is 5.75. The minimum atomic E-state index is 0.593. The van der Waals surface area contributed by atoms with E-state index in [1.807, 2.05) is 0 Å². The van der Waals surface area contributed by atoms with Crippen molar-refractivity contribution in [2.45, 2.75) is 33.4 Å². The van der Waals surface area contributed by atoms with Gasteiger partial charge in [-0.25, -0.2) is 0 Å². The van der Waals surface area contributed by atoms with E-state index in [9.17, 15) is 0 Å². The lowest BCUT2D eigenvalue weighted by molar-refractivity contribution is 0.266. The summed E-state index contributed by atoms with van der Waals surface area (Å²) in [5, 5.41) is 0. The van der Waals surface area contributed by atoms with Gasteiger partial charge in [-0.3, -0.25) is 4.90 Å². The molecule has 78 valence electrons. The van der Waals surface area contributed by atoms with Crippen LogP contribution in [0.3, 0.4) is 0 Å². The molecule has 0 amide bonds. The van der Waals surface area contributed by atoms with Gasteiger partial charge in [0, 0.05) is 17.1 Å². The van der Waals surface area contributed by atoms with Crippen molar-refractivity contribution < 1.29 is 0 Å². The molecule has 0 aromatic heterocycles. The van der Waals surface area contributed by atoms with Crippen molar-refractivity contribution in [3.05, 3.63) is 33.8 Å². The Morgan fingerprint density at radius 1 is 1.36 bits per heavy atom. The maximum atomic E-state index is 3.55. The molecule has 0 bridgehead atoms. The molecule has 0 fully saturated rings. The molecule has 0 aliphatic heterocycles. The summed E-state index contributed by atoms with van der Waals surface area (Å²) >= 11 is 3.55. The molecule has 0 aliphatic rings. The zero-order valence-electron chi connectivity index (χ0n) is 9.34. The van der Waals surface area contributed by atoms with Crippen LogP contribution in [0.4, 0.5) is 0 Å². The van der Waals surface area contributed by atoms with E-state index in [-0.39, 0.29) is 0 Å². The highest BCUT2D eigenvalue weighted by Gasteiger charge is 2.04. The molecule has 14 heavy (non-hydrogen) atoms. The highest BCUT2D eigenvalue weighted by molar-refractivity contribution is 9.10. The number of aryl methyl sites for hydroxylation is 1. The fourth-order valence-corrected chi connectivity index (χ4v) is 1.63. The lowest BCUT2D eigenvalue weighted by Gasteiger charge is -2.21. The van der Waals surface area contributed by atoms with E-state index in [0.717, 1.165) is 6.54 Å². The lowest BCUT2D eigenvalue weighted by atomic mass is 10.1. The number of rotatable bonds is 3. The van der Waals surface area contributed by atoms with Gasteiger partial charge in [0.1, 0.15) is 0 Å². The van der Waals surface area contributed by atoms with Crippen molar-refractivity contribution >= 4 is 15.9 Å². The van der Waals surface area contributed by atoms with Gasteiger partial charge in [0.2, 0.25) is 0 Å². The van der Waals surface area contributed by atoms with Crippen molar-refractivity contribution in [3.63, 3.8) is 0 Å². The first kappa shape index (κ1) is 11.7. The summed E-state index contributed by atoms with van der Waals surface area (Å²) in [6.07, 6.45) is 0. The maximum Gasteiger partial charge on any atom is 0.0233 e. The zero-order chi connectivity index (χ0) is 10.7. The zero-order valence-corrected chi connectivity index (χ0v) is 10.9. The molecule has 0 atom stereocenters. The van der Waals surface area contributed by atoms with E-state index in [1.165, 1.54) is 15.6 Å². The molecule has 2 heteroatoms. The van der Waals surface area contributed by atoms with Crippen molar-refractivity contribution in [2.75, 3.05) is 7.05 Å². The molecular formula is C12H18BrN. The third kappa shape index (κ3) is 3.10. The van der Waals surface area contributed by atoms with Crippen molar-refractivity contribution in [2.24, 2.45) is 0 Å². The third-order valence-corrected chi connectivity index (χ3v) is 3.40. The quantitative estimate of drug-likeness (QED) is 0.798. The summed E-state index contributed by atoms with van der Waals surface area (Å²) in [7, 11) is 2.15. The van der Waals surface area contributed by atoms with E-state index in [4.69, 9.17) is 0 Å². The minimum absolute atomic E-state index is 0.593. The van der Waals surface area contributed by atoms with Crippen LogP contribution in [0.5, 0.6) is 0 Å². The number of halogens is 1. The lowest BCUT2D eigenvalue weighted by Crippen LogP contribution is -2.25. The van der Waals surface area contributed by atoms with Gasteiger partial charge in [0.25, 0.3) is 0 Å². The Hall–Kier alpha value is -0.340. The second kappa shape index (κ2) is 4.94. The van der Waals surface area contributed by atoms with E-state index < -0.39 is 0 Å². The standard InChI is InChI=1S/C12H18BrN/c1-9(2)14(4)8-11-6-5-10(3)12(13)7-11/h5-7,9H,8H2,1-4H3. The third-order valence-electron chi connectivity index (χ3n) is 2.55. The van der Waals surface area contributed by atoms with Gasteiger partial charge < -0.3 is 0 Å². The van der Waals surface area contributed by atoms with Crippen LogP contribution < -0.4 is 0 Å². The fraction of sp³-hybridized carbons (Fsp3) is 0.500. The predicted molar refractivity (Wildman–Crippen MR) is 65.5 cm³/mol. The summed E-state index contributed by atoms with van der Waals surface area (Å²) < 4.78 is 1.20. The number of hydrogen-bond donors (Lipinski definition) is 0. The summed E-state index contributed by atoms with van der Waals surface area (Å²) in [5.74, 6) is 0. The molecule has 0 saturated carbocycles. The average Bonchev–Trinajstić information content (AvgIpc) is 2.11. The normalized spacial score (nSPS) is 11.4. The van der Waals surface area contributed by atoms with Gasteiger partial charge in [-0.2, -0.15) is 0 Å². The number of benzene rings is 1. The van der Waals surface area contributed by atoms with Crippen LogP contribution in [0.1, 0.15) is 25.0 Å². The first-order chi connectivity index (χ1) is 6.50. The summed E-state index contributed by atoms with van der Waals surface area (Å²) in [4.78, 5) is 2.33. The van der Waals surface area contributed by atoms with E-state index >= 15 is 0 Å². The molecular weight excluding hydrogens is 238 g/mol. The SMILES string of the molecule is Cc1ccc(CN(C)C(C)C)cc1Br. The fourth-order valence-electron chi connectivity index (χ4n) is 1.21. The van der Waals surface area contributed by atoms with E-state index in [2.05, 4.69) is 66.8 Å². The molecule has 1 aromatic rings. The second-order valence-electron chi connectivity index (χ2n) is 4.09. The van der Waals surface area contributed by atoms with Gasteiger partial charge in [-0.15, -0.1) is 0 Å². The van der Waals surface area contributed by atoms with Crippen LogP contribution >= 0.6 is 15.9 Å². The molecule has 0 spiro atoms. The number of hydrogen-bond acceptors (Lipinski definition) is 1. The van der Waals surface area contributed by atoms with Crippen molar-refractivity contribution in [1.82, 2.24) is 4.90 Å².